The number of aliphatic imine (C=N–C) groups is 1. The molecule has 7 heteroatoms. The molecule has 1 aromatic carbocycles. The van der Waals surface area contributed by atoms with Crippen molar-refractivity contribution in [3.63, 3.8) is 0 Å². The van der Waals surface area contributed by atoms with E-state index in [1.807, 2.05) is 57.2 Å². The van der Waals surface area contributed by atoms with E-state index >= 15 is 0 Å². The van der Waals surface area contributed by atoms with E-state index in [-0.39, 0.29) is 35.9 Å². The molecule has 0 radical (unpaired) electrons. The molecule has 0 aliphatic heterocycles. The van der Waals surface area contributed by atoms with Crippen LogP contribution in [0.15, 0.2) is 45.8 Å². The third-order valence-corrected chi connectivity index (χ3v) is 4.14. The molecule has 0 saturated heterocycles. The summed E-state index contributed by atoms with van der Waals surface area (Å²) in [4.78, 5) is 18.3. The van der Waals surface area contributed by atoms with Crippen molar-refractivity contribution in [2.75, 3.05) is 27.2 Å². The van der Waals surface area contributed by atoms with Crippen LogP contribution in [0.25, 0.3) is 0 Å². The van der Waals surface area contributed by atoms with Crippen molar-refractivity contribution in [1.29, 1.82) is 0 Å². The zero-order valence-electron chi connectivity index (χ0n) is 17.3. The third-order valence-electron chi connectivity index (χ3n) is 4.14. The van der Waals surface area contributed by atoms with Gasteiger partial charge in [-0.15, -0.1) is 24.0 Å². The van der Waals surface area contributed by atoms with Gasteiger partial charge < -0.3 is 20.0 Å². The van der Waals surface area contributed by atoms with Crippen LogP contribution < -0.4 is 10.6 Å². The van der Waals surface area contributed by atoms with E-state index in [1.165, 1.54) is 0 Å². The first-order chi connectivity index (χ1) is 12.9. The highest BCUT2D eigenvalue weighted by Crippen LogP contribution is 2.15. The Morgan fingerprint density at radius 2 is 2.00 bits per heavy atom. The summed E-state index contributed by atoms with van der Waals surface area (Å²) in [5.74, 6) is 2.54. The number of aryl methyl sites for hydroxylation is 1. The lowest BCUT2D eigenvalue weighted by molar-refractivity contribution is 0.0827. The number of guanidine groups is 1. The maximum Gasteiger partial charge on any atom is 0.253 e. The summed E-state index contributed by atoms with van der Waals surface area (Å²) >= 11 is 0. The van der Waals surface area contributed by atoms with E-state index in [1.54, 1.807) is 19.0 Å². The summed E-state index contributed by atoms with van der Waals surface area (Å²) in [6.45, 7) is 7.42. The Bertz CT molecular complexity index is 786. The number of carbonyl (C=O) groups is 1. The van der Waals surface area contributed by atoms with Gasteiger partial charge >= 0.3 is 0 Å². The van der Waals surface area contributed by atoms with E-state index in [0.717, 1.165) is 36.0 Å². The monoisotopic (exact) mass is 498 g/mol. The summed E-state index contributed by atoms with van der Waals surface area (Å²) < 4.78 is 5.67. The van der Waals surface area contributed by atoms with Gasteiger partial charge in [0, 0.05) is 32.7 Å². The van der Waals surface area contributed by atoms with E-state index in [0.29, 0.717) is 12.1 Å². The number of hydrogen-bond acceptors (Lipinski definition) is 3. The SMILES string of the molecule is CCNC(=NCCc1cccc(C(=O)N(C)C)c1)NC(C)c1ccc(C)o1.I. The molecule has 1 heterocycles. The average Bonchev–Trinajstić information content (AvgIpc) is 3.08. The van der Waals surface area contributed by atoms with Crippen LogP contribution in [-0.2, 0) is 6.42 Å². The van der Waals surface area contributed by atoms with E-state index in [9.17, 15) is 4.79 Å². The summed E-state index contributed by atoms with van der Waals surface area (Å²) in [5, 5.41) is 6.62. The predicted molar refractivity (Wildman–Crippen MR) is 125 cm³/mol. The number of halogens is 1. The van der Waals surface area contributed by atoms with Gasteiger partial charge in [0.05, 0.1) is 6.04 Å². The first-order valence-corrected chi connectivity index (χ1v) is 9.32. The van der Waals surface area contributed by atoms with Crippen LogP contribution in [0.1, 0.15) is 47.3 Å². The van der Waals surface area contributed by atoms with Gasteiger partial charge in [-0.2, -0.15) is 0 Å². The lowest BCUT2D eigenvalue weighted by Crippen LogP contribution is -2.38. The van der Waals surface area contributed by atoms with E-state index in [2.05, 4.69) is 15.6 Å². The molecule has 0 saturated carbocycles. The number of amides is 1. The van der Waals surface area contributed by atoms with Gasteiger partial charge in [-0.3, -0.25) is 9.79 Å². The molecule has 0 aliphatic carbocycles. The van der Waals surface area contributed by atoms with Gasteiger partial charge in [0.2, 0.25) is 0 Å². The fraction of sp³-hybridized carbons (Fsp3) is 0.429. The van der Waals surface area contributed by atoms with E-state index < -0.39 is 0 Å². The van der Waals surface area contributed by atoms with Gasteiger partial charge in [-0.1, -0.05) is 12.1 Å². The van der Waals surface area contributed by atoms with Crippen molar-refractivity contribution in [2.24, 2.45) is 4.99 Å². The number of nitrogens with one attached hydrogen (secondary N) is 2. The van der Waals surface area contributed by atoms with Crippen molar-refractivity contribution >= 4 is 35.8 Å². The molecule has 1 aromatic heterocycles. The zero-order chi connectivity index (χ0) is 19.8. The van der Waals surface area contributed by atoms with Crippen LogP contribution in [0.5, 0.6) is 0 Å². The topological polar surface area (TPSA) is 69.9 Å². The first kappa shape index (κ1) is 24.0. The molecule has 28 heavy (non-hydrogen) atoms. The minimum absolute atomic E-state index is 0. The Labute approximate surface area is 184 Å². The second-order valence-electron chi connectivity index (χ2n) is 6.73. The van der Waals surface area contributed by atoms with Crippen LogP contribution in [0.3, 0.4) is 0 Å². The maximum atomic E-state index is 12.1. The highest BCUT2D eigenvalue weighted by atomic mass is 127. The molecule has 2 N–H and O–H groups in total. The summed E-state index contributed by atoms with van der Waals surface area (Å²) in [5.41, 5.74) is 1.80. The van der Waals surface area contributed by atoms with Gasteiger partial charge in [0.15, 0.2) is 5.96 Å². The van der Waals surface area contributed by atoms with Crippen LogP contribution >= 0.6 is 24.0 Å². The van der Waals surface area contributed by atoms with Crippen LogP contribution in [0.4, 0.5) is 0 Å². The highest BCUT2D eigenvalue weighted by molar-refractivity contribution is 14.0. The molecular weight excluding hydrogens is 467 g/mol. The Morgan fingerprint density at radius 1 is 1.25 bits per heavy atom. The molecule has 0 spiro atoms. The number of benzene rings is 1. The second kappa shape index (κ2) is 11.7. The lowest BCUT2D eigenvalue weighted by Gasteiger charge is -2.16. The predicted octanol–water partition coefficient (Wildman–Crippen LogP) is 3.77. The Hall–Kier alpha value is -2.03. The molecule has 2 rings (SSSR count). The van der Waals surface area contributed by atoms with Crippen molar-refractivity contribution in [1.82, 2.24) is 15.5 Å². The molecule has 0 aliphatic rings. The standard InChI is InChI=1S/C21H30N4O2.HI/c1-6-22-21(24-16(3)19-11-10-15(2)27-19)23-13-12-17-8-7-9-18(14-17)20(26)25(4)5;/h7-11,14,16H,6,12-13H2,1-5H3,(H2,22,23,24);1H. The molecule has 0 fully saturated rings. The Morgan fingerprint density at radius 3 is 2.61 bits per heavy atom. The first-order valence-electron chi connectivity index (χ1n) is 9.32. The van der Waals surface area contributed by atoms with Gasteiger partial charge in [-0.25, -0.2) is 0 Å². The second-order valence-corrected chi connectivity index (χ2v) is 6.73. The number of rotatable bonds is 7. The largest absolute Gasteiger partial charge is 0.464 e. The normalized spacial score (nSPS) is 12.1. The summed E-state index contributed by atoms with van der Waals surface area (Å²) in [7, 11) is 3.52. The molecular formula is C21H31IN4O2. The third kappa shape index (κ3) is 7.18. The summed E-state index contributed by atoms with van der Waals surface area (Å²) in [6, 6.07) is 11.7. The molecule has 154 valence electrons. The van der Waals surface area contributed by atoms with Crippen molar-refractivity contribution in [2.45, 2.75) is 33.2 Å². The molecule has 0 bridgehead atoms. The zero-order valence-corrected chi connectivity index (χ0v) is 19.6. The van der Waals surface area contributed by atoms with Crippen LogP contribution in [-0.4, -0.2) is 44.0 Å². The summed E-state index contributed by atoms with van der Waals surface area (Å²) in [6.07, 6.45) is 0.763. The smallest absolute Gasteiger partial charge is 0.253 e. The molecule has 6 nitrogen and oxygen atoms in total. The lowest BCUT2D eigenvalue weighted by atomic mass is 10.1. The molecule has 1 unspecified atom stereocenters. The fourth-order valence-electron chi connectivity index (χ4n) is 2.70. The van der Waals surface area contributed by atoms with Gasteiger partial charge in [0.25, 0.3) is 5.91 Å². The number of nitrogens with zero attached hydrogens (tertiary/aromatic N) is 2. The van der Waals surface area contributed by atoms with Crippen molar-refractivity contribution in [3.8, 4) is 0 Å². The highest BCUT2D eigenvalue weighted by Gasteiger charge is 2.11. The van der Waals surface area contributed by atoms with Crippen molar-refractivity contribution < 1.29 is 9.21 Å². The molecule has 2 aromatic rings. The van der Waals surface area contributed by atoms with Crippen molar-refractivity contribution in [3.05, 3.63) is 59.0 Å². The number of furan rings is 1. The van der Waals surface area contributed by atoms with E-state index in [4.69, 9.17) is 4.42 Å². The molecule has 1 amide bonds. The Kier molecular flexibility index (Phi) is 10.1. The minimum Gasteiger partial charge on any atom is -0.464 e. The average molecular weight is 498 g/mol. The fourth-order valence-corrected chi connectivity index (χ4v) is 2.70. The molecule has 1 atom stereocenters. The number of carbonyl (C=O) groups excluding carboxylic acids is 1. The maximum absolute atomic E-state index is 12.1. The minimum atomic E-state index is 0. The Balaban J connectivity index is 0.00000392. The van der Waals surface area contributed by atoms with Gasteiger partial charge in [0.1, 0.15) is 11.5 Å². The van der Waals surface area contributed by atoms with Crippen LogP contribution in [0.2, 0.25) is 0 Å². The number of hydrogen-bond donors (Lipinski definition) is 2. The van der Waals surface area contributed by atoms with Crippen LogP contribution in [0, 0.1) is 6.92 Å². The van der Waals surface area contributed by atoms with Gasteiger partial charge in [-0.05, 0) is 57.0 Å². The quantitative estimate of drug-likeness (QED) is 0.347.